The van der Waals surface area contributed by atoms with Crippen LogP contribution in [0.3, 0.4) is 0 Å². The SMILES string of the molecule is Nc1ccc(Oc2ccc3ncc(Br)cc3c2)cc1. The lowest BCUT2D eigenvalue weighted by Crippen LogP contribution is -1.87. The Labute approximate surface area is 119 Å². The summed E-state index contributed by atoms with van der Waals surface area (Å²) in [6, 6.07) is 15.1. The van der Waals surface area contributed by atoms with Crippen molar-refractivity contribution >= 4 is 32.5 Å². The van der Waals surface area contributed by atoms with Crippen LogP contribution in [-0.4, -0.2) is 4.98 Å². The Morgan fingerprint density at radius 3 is 2.47 bits per heavy atom. The van der Waals surface area contributed by atoms with Crippen molar-refractivity contribution < 1.29 is 4.74 Å². The molecule has 4 heteroatoms. The normalized spacial score (nSPS) is 10.6. The van der Waals surface area contributed by atoms with Crippen LogP contribution in [0.2, 0.25) is 0 Å². The molecule has 0 saturated carbocycles. The van der Waals surface area contributed by atoms with E-state index in [2.05, 4.69) is 20.9 Å². The Hall–Kier alpha value is -2.07. The lowest BCUT2D eigenvalue weighted by molar-refractivity contribution is 0.483. The molecule has 0 aliphatic carbocycles. The van der Waals surface area contributed by atoms with E-state index in [1.807, 2.05) is 48.5 Å². The maximum absolute atomic E-state index is 5.78. The topological polar surface area (TPSA) is 48.1 Å². The summed E-state index contributed by atoms with van der Waals surface area (Å²) in [5.74, 6) is 1.54. The maximum atomic E-state index is 5.78. The van der Waals surface area contributed by atoms with E-state index in [0.29, 0.717) is 0 Å². The Kier molecular flexibility index (Phi) is 3.09. The number of ether oxygens (including phenoxy) is 1. The summed E-state index contributed by atoms with van der Waals surface area (Å²) in [4.78, 5) is 4.32. The van der Waals surface area contributed by atoms with Gasteiger partial charge in [-0.2, -0.15) is 0 Å². The monoisotopic (exact) mass is 314 g/mol. The molecule has 2 aromatic carbocycles. The van der Waals surface area contributed by atoms with E-state index in [0.717, 1.165) is 32.6 Å². The highest BCUT2D eigenvalue weighted by molar-refractivity contribution is 9.10. The number of fused-ring (bicyclic) bond motifs is 1. The van der Waals surface area contributed by atoms with E-state index in [-0.39, 0.29) is 0 Å². The molecule has 0 fully saturated rings. The second-order valence-electron chi connectivity index (χ2n) is 4.18. The molecule has 0 unspecified atom stereocenters. The molecule has 2 N–H and O–H groups in total. The third-order valence-corrected chi connectivity index (χ3v) is 3.17. The van der Waals surface area contributed by atoms with E-state index in [1.54, 1.807) is 6.20 Å². The van der Waals surface area contributed by atoms with Gasteiger partial charge in [-0.3, -0.25) is 4.98 Å². The van der Waals surface area contributed by atoms with Crippen LogP contribution in [-0.2, 0) is 0 Å². The molecule has 94 valence electrons. The van der Waals surface area contributed by atoms with Crippen molar-refractivity contribution in [2.24, 2.45) is 0 Å². The summed E-state index contributed by atoms with van der Waals surface area (Å²) >= 11 is 3.41. The fourth-order valence-electron chi connectivity index (χ4n) is 1.82. The minimum atomic E-state index is 0.721. The number of hydrogen-bond donors (Lipinski definition) is 1. The van der Waals surface area contributed by atoms with Crippen LogP contribution in [0.1, 0.15) is 0 Å². The summed E-state index contributed by atoms with van der Waals surface area (Å²) in [5, 5.41) is 1.03. The molecule has 0 saturated heterocycles. The van der Waals surface area contributed by atoms with E-state index in [9.17, 15) is 0 Å². The van der Waals surface area contributed by atoms with Gasteiger partial charge in [0.15, 0.2) is 0 Å². The molecule has 0 spiro atoms. The van der Waals surface area contributed by atoms with Crippen LogP contribution in [0.15, 0.2) is 59.2 Å². The molecule has 0 amide bonds. The summed E-state index contributed by atoms with van der Waals surface area (Å²) in [6.07, 6.45) is 1.78. The molecule has 0 radical (unpaired) electrons. The summed E-state index contributed by atoms with van der Waals surface area (Å²) < 4.78 is 6.73. The van der Waals surface area contributed by atoms with Crippen molar-refractivity contribution in [1.82, 2.24) is 4.98 Å². The molecule has 0 aliphatic heterocycles. The number of hydrogen-bond acceptors (Lipinski definition) is 3. The highest BCUT2D eigenvalue weighted by Crippen LogP contribution is 2.26. The zero-order valence-electron chi connectivity index (χ0n) is 10.0. The van der Waals surface area contributed by atoms with Gasteiger partial charge in [-0.05, 0) is 64.5 Å². The van der Waals surface area contributed by atoms with Gasteiger partial charge in [0.05, 0.1) is 5.52 Å². The molecule has 3 nitrogen and oxygen atoms in total. The van der Waals surface area contributed by atoms with Gasteiger partial charge in [0.1, 0.15) is 11.5 Å². The van der Waals surface area contributed by atoms with Gasteiger partial charge in [-0.15, -0.1) is 0 Å². The first-order valence-corrected chi connectivity index (χ1v) is 6.59. The zero-order valence-corrected chi connectivity index (χ0v) is 11.6. The van der Waals surface area contributed by atoms with Crippen molar-refractivity contribution in [2.75, 3.05) is 5.73 Å². The van der Waals surface area contributed by atoms with E-state index in [4.69, 9.17) is 10.5 Å². The van der Waals surface area contributed by atoms with Crippen LogP contribution >= 0.6 is 15.9 Å². The molecule has 3 rings (SSSR count). The number of nitrogens with zero attached hydrogens (tertiary/aromatic N) is 1. The number of anilines is 1. The number of nitrogen functional groups attached to an aromatic ring is 1. The number of nitrogens with two attached hydrogens (primary N) is 1. The van der Waals surface area contributed by atoms with Gasteiger partial charge < -0.3 is 10.5 Å². The zero-order chi connectivity index (χ0) is 13.2. The smallest absolute Gasteiger partial charge is 0.128 e. The van der Waals surface area contributed by atoms with Gasteiger partial charge in [-0.1, -0.05) is 0 Å². The Balaban J connectivity index is 1.94. The molecule has 0 atom stereocenters. The first-order valence-electron chi connectivity index (χ1n) is 5.79. The lowest BCUT2D eigenvalue weighted by atomic mass is 10.2. The van der Waals surface area contributed by atoms with E-state index < -0.39 is 0 Å². The third kappa shape index (κ3) is 2.69. The molecule has 3 aromatic rings. The lowest BCUT2D eigenvalue weighted by Gasteiger charge is -2.07. The number of rotatable bonds is 2. The molecular formula is C15H11BrN2O. The number of benzene rings is 2. The molecule has 0 aliphatic rings. The average molecular weight is 315 g/mol. The minimum Gasteiger partial charge on any atom is -0.457 e. The molecule has 19 heavy (non-hydrogen) atoms. The second-order valence-corrected chi connectivity index (χ2v) is 5.09. The van der Waals surface area contributed by atoms with Crippen LogP contribution < -0.4 is 10.5 Å². The second kappa shape index (κ2) is 4.90. The van der Waals surface area contributed by atoms with E-state index in [1.165, 1.54) is 0 Å². The summed E-state index contributed by atoms with van der Waals surface area (Å²) in [5.41, 5.74) is 7.30. The highest BCUT2D eigenvalue weighted by Gasteiger charge is 2.01. The van der Waals surface area contributed by atoms with Gasteiger partial charge in [0.2, 0.25) is 0 Å². The standard InChI is InChI=1S/C15H11BrN2O/c16-11-7-10-8-14(5-6-15(10)18-9-11)19-13-3-1-12(17)2-4-13/h1-9H,17H2. The Morgan fingerprint density at radius 2 is 1.68 bits per heavy atom. The van der Waals surface area contributed by atoms with Gasteiger partial charge in [0, 0.05) is 21.7 Å². The van der Waals surface area contributed by atoms with Crippen molar-refractivity contribution in [3.05, 3.63) is 59.2 Å². The third-order valence-electron chi connectivity index (χ3n) is 2.74. The molecule has 0 bridgehead atoms. The van der Waals surface area contributed by atoms with Crippen molar-refractivity contribution in [3.63, 3.8) is 0 Å². The molecular weight excluding hydrogens is 304 g/mol. The van der Waals surface area contributed by atoms with Crippen molar-refractivity contribution in [3.8, 4) is 11.5 Å². The minimum absolute atomic E-state index is 0.721. The largest absolute Gasteiger partial charge is 0.457 e. The predicted octanol–water partition coefficient (Wildman–Crippen LogP) is 4.37. The van der Waals surface area contributed by atoms with Crippen LogP contribution in [0.25, 0.3) is 10.9 Å². The van der Waals surface area contributed by atoms with Gasteiger partial charge in [0.25, 0.3) is 0 Å². The van der Waals surface area contributed by atoms with Crippen molar-refractivity contribution in [2.45, 2.75) is 0 Å². The Bertz CT molecular complexity index is 726. The fraction of sp³-hybridized carbons (Fsp3) is 0. The fourth-order valence-corrected chi connectivity index (χ4v) is 2.17. The first-order chi connectivity index (χ1) is 9.20. The van der Waals surface area contributed by atoms with Gasteiger partial charge in [-0.25, -0.2) is 0 Å². The maximum Gasteiger partial charge on any atom is 0.128 e. The van der Waals surface area contributed by atoms with Crippen LogP contribution in [0, 0.1) is 0 Å². The molecule has 1 heterocycles. The summed E-state index contributed by atoms with van der Waals surface area (Å²) in [7, 11) is 0. The average Bonchev–Trinajstić information content (AvgIpc) is 2.41. The highest BCUT2D eigenvalue weighted by atomic mass is 79.9. The van der Waals surface area contributed by atoms with Crippen LogP contribution in [0.5, 0.6) is 11.5 Å². The first kappa shape index (κ1) is 12.0. The number of aromatic nitrogens is 1. The number of halogens is 1. The van der Waals surface area contributed by atoms with Crippen LogP contribution in [0.4, 0.5) is 5.69 Å². The van der Waals surface area contributed by atoms with Crippen molar-refractivity contribution in [1.29, 1.82) is 0 Å². The molecule has 1 aromatic heterocycles. The van der Waals surface area contributed by atoms with E-state index >= 15 is 0 Å². The quantitative estimate of drug-likeness (QED) is 0.714. The van der Waals surface area contributed by atoms with Gasteiger partial charge >= 0.3 is 0 Å². The Morgan fingerprint density at radius 1 is 0.947 bits per heavy atom. The number of pyridine rings is 1. The predicted molar refractivity (Wildman–Crippen MR) is 80.4 cm³/mol. The summed E-state index contributed by atoms with van der Waals surface area (Å²) in [6.45, 7) is 0.